The molecule has 17 heavy (non-hydrogen) atoms. The molecule has 0 unspecified atom stereocenters. The fourth-order valence-corrected chi connectivity index (χ4v) is 1.14. The molecular weight excluding hydrogens is 220 g/mol. The van der Waals surface area contributed by atoms with E-state index in [2.05, 4.69) is 31.1 Å². The lowest BCUT2D eigenvalue weighted by Gasteiger charge is -2.18. The van der Waals surface area contributed by atoms with Crippen molar-refractivity contribution in [2.45, 2.75) is 20.8 Å². The van der Waals surface area contributed by atoms with Crippen LogP contribution in [0.2, 0.25) is 0 Å². The third kappa shape index (κ3) is 3.72. The predicted molar refractivity (Wildman–Crippen MR) is 63.6 cm³/mol. The average Bonchev–Trinajstić information content (AvgIpc) is 2.24. The molecule has 0 fully saturated rings. The van der Waals surface area contributed by atoms with Gasteiger partial charge in [-0.3, -0.25) is 10.1 Å². The number of nitriles is 1. The van der Waals surface area contributed by atoms with Crippen molar-refractivity contribution >= 4 is 11.5 Å². The van der Waals surface area contributed by atoms with Crippen LogP contribution in [-0.2, 0) is 0 Å². The van der Waals surface area contributed by atoms with E-state index in [0.717, 1.165) is 0 Å². The van der Waals surface area contributed by atoms with Crippen molar-refractivity contribution in [3.63, 3.8) is 0 Å². The molecule has 0 aliphatic carbocycles. The van der Waals surface area contributed by atoms with Gasteiger partial charge in [0.1, 0.15) is 11.9 Å². The minimum absolute atomic E-state index is 0.0657. The van der Waals surface area contributed by atoms with Gasteiger partial charge in [0, 0.05) is 12.6 Å². The van der Waals surface area contributed by atoms with Crippen LogP contribution in [0.25, 0.3) is 0 Å². The van der Waals surface area contributed by atoms with Crippen LogP contribution >= 0.6 is 0 Å². The topological polar surface area (TPSA) is 91.9 Å². The smallest absolute Gasteiger partial charge is 0.305 e. The first kappa shape index (κ1) is 12.9. The number of hydrogen-bond acceptors (Lipinski definition) is 5. The van der Waals surface area contributed by atoms with Gasteiger partial charge in [-0.15, -0.1) is 0 Å². The lowest BCUT2D eigenvalue weighted by molar-refractivity contribution is -0.385. The highest BCUT2D eigenvalue weighted by Gasteiger charge is 2.16. The molecule has 1 N–H and O–H groups in total. The molecule has 0 saturated heterocycles. The summed E-state index contributed by atoms with van der Waals surface area (Å²) in [5.74, 6) is 0.474. The first-order chi connectivity index (χ1) is 7.83. The molecule has 6 nitrogen and oxygen atoms in total. The van der Waals surface area contributed by atoms with Gasteiger partial charge < -0.3 is 5.32 Å². The van der Waals surface area contributed by atoms with Crippen LogP contribution in [0.3, 0.4) is 0 Å². The van der Waals surface area contributed by atoms with Crippen LogP contribution in [0.15, 0.2) is 12.1 Å². The third-order valence-electron chi connectivity index (χ3n) is 1.98. The number of nitrogens with zero attached hydrogens (tertiary/aromatic N) is 3. The zero-order valence-corrected chi connectivity index (χ0v) is 10.0. The van der Waals surface area contributed by atoms with E-state index >= 15 is 0 Å². The largest absolute Gasteiger partial charge is 0.369 e. The summed E-state index contributed by atoms with van der Waals surface area (Å²) in [7, 11) is 0. The van der Waals surface area contributed by atoms with Crippen molar-refractivity contribution in [1.29, 1.82) is 5.26 Å². The van der Waals surface area contributed by atoms with Gasteiger partial charge in [0.2, 0.25) is 5.69 Å². The highest BCUT2D eigenvalue weighted by atomic mass is 16.6. The Morgan fingerprint density at radius 2 is 2.18 bits per heavy atom. The molecule has 0 amide bonds. The second-order valence-corrected chi connectivity index (χ2v) is 4.85. The molecule has 0 aliphatic heterocycles. The molecule has 0 bridgehead atoms. The van der Waals surface area contributed by atoms with Crippen molar-refractivity contribution in [3.05, 3.63) is 27.9 Å². The van der Waals surface area contributed by atoms with E-state index in [0.29, 0.717) is 12.4 Å². The average molecular weight is 234 g/mol. The fraction of sp³-hybridized carbons (Fsp3) is 0.455. The first-order valence-corrected chi connectivity index (χ1v) is 5.13. The van der Waals surface area contributed by atoms with Crippen LogP contribution in [0.1, 0.15) is 26.5 Å². The Morgan fingerprint density at radius 3 is 2.65 bits per heavy atom. The number of pyridine rings is 1. The molecule has 0 atom stereocenters. The lowest BCUT2D eigenvalue weighted by atomic mass is 9.97. The maximum absolute atomic E-state index is 10.6. The zero-order chi connectivity index (χ0) is 13.1. The van der Waals surface area contributed by atoms with Gasteiger partial charge in [0.05, 0.1) is 4.92 Å². The van der Waals surface area contributed by atoms with Gasteiger partial charge >= 0.3 is 5.69 Å². The van der Waals surface area contributed by atoms with Crippen molar-refractivity contribution in [2.24, 2.45) is 5.41 Å². The molecule has 0 spiro atoms. The minimum atomic E-state index is -0.612. The van der Waals surface area contributed by atoms with Gasteiger partial charge in [-0.05, 0) is 11.5 Å². The standard InChI is InChI=1S/C11H14N4O2/c1-11(2,3)7-13-10-5-4-9(15(16)17)8(6-12)14-10/h4-5H,7H2,1-3H3,(H,13,14). The highest BCUT2D eigenvalue weighted by Crippen LogP contribution is 2.19. The van der Waals surface area contributed by atoms with Gasteiger partial charge in [0.25, 0.3) is 0 Å². The number of nitro groups is 1. The predicted octanol–water partition coefficient (Wildman–Crippen LogP) is 2.32. The molecule has 0 saturated carbocycles. The molecule has 1 rings (SSSR count). The fourth-order valence-electron chi connectivity index (χ4n) is 1.14. The Balaban J connectivity index is 2.92. The quantitative estimate of drug-likeness (QED) is 0.640. The second-order valence-electron chi connectivity index (χ2n) is 4.85. The van der Waals surface area contributed by atoms with E-state index in [9.17, 15) is 10.1 Å². The Morgan fingerprint density at radius 1 is 1.53 bits per heavy atom. The molecule has 1 heterocycles. The molecule has 1 aromatic rings. The monoisotopic (exact) mass is 234 g/mol. The van der Waals surface area contributed by atoms with Crippen molar-refractivity contribution in [1.82, 2.24) is 4.98 Å². The lowest BCUT2D eigenvalue weighted by Crippen LogP contribution is -2.19. The molecule has 0 aliphatic rings. The molecule has 90 valence electrons. The van der Waals surface area contributed by atoms with Gasteiger partial charge in [0.15, 0.2) is 0 Å². The number of anilines is 1. The number of hydrogen-bond donors (Lipinski definition) is 1. The Kier molecular flexibility index (Phi) is 3.63. The van der Waals surface area contributed by atoms with E-state index < -0.39 is 4.92 Å². The Bertz CT molecular complexity index is 471. The summed E-state index contributed by atoms with van der Waals surface area (Å²) in [5, 5.41) is 22.4. The summed E-state index contributed by atoms with van der Waals surface area (Å²) in [5.41, 5.74) is -0.376. The maximum Gasteiger partial charge on any atom is 0.305 e. The summed E-state index contributed by atoms with van der Waals surface area (Å²) in [6, 6.07) is 4.51. The van der Waals surface area contributed by atoms with Crippen LogP contribution in [0.5, 0.6) is 0 Å². The summed E-state index contributed by atoms with van der Waals surface area (Å²) < 4.78 is 0. The number of nitrogens with one attached hydrogen (secondary N) is 1. The summed E-state index contributed by atoms with van der Waals surface area (Å²) in [6.07, 6.45) is 0. The highest BCUT2D eigenvalue weighted by molar-refractivity contribution is 5.50. The van der Waals surface area contributed by atoms with Crippen molar-refractivity contribution in [2.75, 3.05) is 11.9 Å². The van der Waals surface area contributed by atoms with E-state index in [1.165, 1.54) is 12.1 Å². The zero-order valence-electron chi connectivity index (χ0n) is 10.0. The van der Waals surface area contributed by atoms with Crippen LogP contribution in [-0.4, -0.2) is 16.5 Å². The normalized spacial score (nSPS) is 10.7. The van der Waals surface area contributed by atoms with E-state index in [-0.39, 0.29) is 16.8 Å². The minimum Gasteiger partial charge on any atom is -0.369 e. The molecule has 1 aromatic heterocycles. The Hall–Kier alpha value is -2.16. The van der Waals surface area contributed by atoms with Gasteiger partial charge in [-0.25, -0.2) is 4.98 Å². The van der Waals surface area contributed by atoms with E-state index in [1.807, 2.05) is 0 Å². The van der Waals surface area contributed by atoms with Crippen molar-refractivity contribution in [3.8, 4) is 6.07 Å². The molecule has 0 radical (unpaired) electrons. The summed E-state index contributed by atoms with van der Waals surface area (Å²) >= 11 is 0. The van der Waals surface area contributed by atoms with Crippen LogP contribution < -0.4 is 5.32 Å². The number of rotatable bonds is 3. The van der Waals surface area contributed by atoms with Crippen LogP contribution in [0.4, 0.5) is 11.5 Å². The second kappa shape index (κ2) is 4.78. The van der Waals surface area contributed by atoms with Crippen molar-refractivity contribution < 1.29 is 4.92 Å². The Labute approximate surface area is 99.4 Å². The SMILES string of the molecule is CC(C)(C)CNc1ccc([N+](=O)[O-])c(C#N)n1. The molecule has 0 aromatic carbocycles. The molecular formula is C11H14N4O2. The van der Waals surface area contributed by atoms with Gasteiger partial charge in [-0.1, -0.05) is 20.8 Å². The third-order valence-corrected chi connectivity index (χ3v) is 1.98. The van der Waals surface area contributed by atoms with Crippen LogP contribution in [0, 0.1) is 26.9 Å². The summed E-state index contributed by atoms with van der Waals surface area (Å²) in [4.78, 5) is 13.9. The molecule has 6 heteroatoms. The number of aromatic nitrogens is 1. The first-order valence-electron chi connectivity index (χ1n) is 5.13. The summed E-state index contributed by atoms with van der Waals surface area (Å²) in [6.45, 7) is 6.83. The van der Waals surface area contributed by atoms with E-state index in [1.54, 1.807) is 6.07 Å². The van der Waals surface area contributed by atoms with E-state index in [4.69, 9.17) is 5.26 Å². The van der Waals surface area contributed by atoms with Gasteiger partial charge in [-0.2, -0.15) is 5.26 Å². The maximum atomic E-state index is 10.6.